The average molecular weight is 216 g/mol. The first-order valence-electron chi connectivity index (χ1n) is 5.59. The topological polar surface area (TPSA) is 66.8 Å². The van der Waals surface area contributed by atoms with Gasteiger partial charge in [0.25, 0.3) is 0 Å². The molecule has 0 radical (unpaired) electrons. The summed E-state index contributed by atoms with van der Waals surface area (Å²) in [6.07, 6.45) is 2.67. The number of ether oxygens (including phenoxy) is 1. The zero-order valence-electron chi connectivity index (χ0n) is 9.19. The highest BCUT2D eigenvalue weighted by molar-refractivity contribution is 5.73. The van der Waals surface area contributed by atoms with Crippen LogP contribution in [0, 0.1) is 17.8 Å². The quantitative estimate of drug-likeness (QED) is 0.659. The van der Waals surface area contributed by atoms with E-state index in [2.05, 4.69) is 0 Å². The van der Waals surface area contributed by atoms with Gasteiger partial charge in [0.15, 0.2) is 0 Å². The Kier molecular flexibility index (Phi) is 5.05. The number of hydrogen-bond acceptors (Lipinski definition) is 4. The van der Waals surface area contributed by atoms with E-state index in [9.17, 15) is 4.79 Å². The van der Waals surface area contributed by atoms with Gasteiger partial charge in [-0.3, -0.25) is 4.79 Å². The molecule has 1 aliphatic rings. The van der Waals surface area contributed by atoms with Crippen molar-refractivity contribution < 1.29 is 19.7 Å². The molecule has 0 aromatic carbocycles. The normalized spacial score (nSPS) is 30.5. The highest BCUT2D eigenvalue weighted by atomic mass is 16.5. The van der Waals surface area contributed by atoms with E-state index in [4.69, 9.17) is 14.9 Å². The molecule has 15 heavy (non-hydrogen) atoms. The summed E-state index contributed by atoms with van der Waals surface area (Å²) in [6, 6.07) is 0. The Morgan fingerprint density at radius 3 is 2.67 bits per heavy atom. The van der Waals surface area contributed by atoms with Gasteiger partial charge in [-0.05, 0) is 31.1 Å². The van der Waals surface area contributed by atoms with Crippen LogP contribution in [0.3, 0.4) is 0 Å². The number of carbonyl (C=O) groups excluding carboxylic acids is 1. The van der Waals surface area contributed by atoms with E-state index in [-0.39, 0.29) is 37.6 Å². The van der Waals surface area contributed by atoms with Gasteiger partial charge in [-0.1, -0.05) is 6.92 Å². The van der Waals surface area contributed by atoms with E-state index in [1.165, 1.54) is 0 Å². The zero-order chi connectivity index (χ0) is 11.3. The number of rotatable bonds is 5. The molecule has 0 aromatic heterocycles. The third-order valence-electron chi connectivity index (χ3n) is 3.22. The third-order valence-corrected chi connectivity index (χ3v) is 3.22. The van der Waals surface area contributed by atoms with E-state index in [1.807, 2.05) is 6.92 Å². The highest BCUT2D eigenvalue weighted by Gasteiger charge is 2.38. The second-order valence-corrected chi connectivity index (χ2v) is 4.24. The van der Waals surface area contributed by atoms with Gasteiger partial charge in [0.1, 0.15) is 6.61 Å². The van der Waals surface area contributed by atoms with Gasteiger partial charge >= 0.3 is 5.97 Å². The van der Waals surface area contributed by atoms with E-state index in [0.717, 1.165) is 12.8 Å². The molecule has 0 heterocycles. The Labute approximate surface area is 90.2 Å². The molecule has 4 nitrogen and oxygen atoms in total. The lowest BCUT2D eigenvalue weighted by molar-refractivity contribution is -0.152. The summed E-state index contributed by atoms with van der Waals surface area (Å²) in [6.45, 7) is 2.12. The minimum absolute atomic E-state index is 0.0773. The van der Waals surface area contributed by atoms with Crippen molar-refractivity contribution in [1.29, 1.82) is 0 Å². The standard InChI is InChI=1S/C11H20O4/c1-8-2-3-9(4-5-12)10(8)11(14)15-7-6-13/h8-10,12-13H,2-7H2,1H3/t8-,9-,10+/m1/s1. The molecule has 2 N–H and O–H groups in total. The molecule has 0 unspecified atom stereocenters. The van der Waals surface area contributed by atoms with Crippen molar-refractivity contribution in [2.75, 3.05) is 19.8 Å². The van der Waals surface area contributed by atoms with Crippen LogP contribution < -0.4 is 0 Å². The largest absolute Gasteiger partial charge is 0.463 e. The van der Waals surface area contributed by atoms with Crippen LogP contribution in [0.2, 0.25) is 0 Å². The van der Waals surface area contributed by atoms with Crippen molar-refractivity contribution in [3.8, 4) is 0 Å². The summed E-state index contributed by atoms with van der Waals surface area (Å²) in [7, 11) is 0. The van der Waals surface area contributed by atoms with Crippen LogP contribution in [0.1, 0.15) is 26.2 Å². The molecular formula is C11H20O4. The maximum atomic E-state index is 11.7. The number of esters is 1. The van der Waals surface area contributed by atoms with Gasteiger partial charge in [-0.25, -0.2) is 0 Å². The first kappa shape index (κ1) is 12.5. The van der Waals surface area contributed by atoms with Crippen molar-refractivity contribution in [1.82, 2.24) is 0 Å². The second-order valence-electron chi connectivity index (χ2n) is 4.24. The minimum Gasteiger partial charge on any atom is -0.463 e. The van der Waals surface area contributed by atoms with Gasteiger partial charge in [0.2, 0.25) is 0 Å². The Hall–Kier alpha value is -0.610. The molecule has 1 aliphatic carbocycles. The predicted octanol–water partition coefficient (Wildman–Crippen LogP) is 0.567. The summed E-state index contributed by atoms with van der Waals surface area (Å²) in [5, 5.41) is 17.5. The highest BCUT2D eigenvalue weighted by Crippen LogP contribution is 2.39. The van der Waals surface area contributed by atoms with Gasteiger partial charge in [0.05, 0.1) is 12.5 Å². The fourth-order valence-corrected chi connectivity index (χ4v) is 2.46. The number of hydrogen-bond donors (Lipinski definition) is 2. The van der Waals surface area contributed by atoms with Crippen LogP contribution in [0.5, 0.6) is 0 Å². The van der Waals surface area contributed by atoms with Crippen molar-refractivity contribution in [3.63, 3.8) is 0 Å². The molecule has 0 spiro atoms. The zero-order valence-corrected chi connectivity index (χ0v) is 9.19. The Morgan fingerprint density at radius 1 is 1.33 bits per heavy atom. The van der Waals surface area contributed by atoms with Gasteiger partial charge in [0, 0.05) is 6.61 Å². The van der Waals surface area contributed by atoms with Gasteiger partial charge < -0.3 is 14.9 Å². The number of aliphatic hydroxyl groups excluding tert-OH is 2. The lowest BCUT2D eigenvalue weighted by atomic mass is 9.88. The van der Waals surface area contributed by atoms with Crippen LogP contribution in [-0.2, 0) is 9.53 Å². The minimum atomic E-state index is -0.215. The summed E-state index contributed by atoms with van der Waals surface area (Å²) in [5.41, 5.74) is 0. The molecule has 0 amide bonds. The maximum absolute atomic E-state index is 11.7. The van der Waals surface area contributed by atoms with Gasteiger partial charge in [-0.2, -0.15) is 0 Å². The van der Waals surface area contributed by atoms with Gasteiger partial charge in [-0.15, -0.1) is 0 Å². The summed E-state index contributed by atoms with van der Waals surface area (Å²) in [5.74, 6) is 0.264. The van der Waals surface area contributed by atoms with Crippen molar-refractivity contribution in [2.45, 2.75) is 26.2 Å². The molecule has 3 atom stereocenters. The molecule has 1 rings (SSSR count). The lowest BCUT2D eigenvalue weighted by Gasteiger charge is -2.20. The monoisotopic (exact) mass is 216 g/mol. The molecule has 1 saturated carbocycles. The van der Waals surface area contributed by atoms with Crippen LogP contribution in [0.25, 0.3) is 0 Å². The summed E-state index contributed by atoms with van der Waals surface area (Å²) >= 11 is 0. The Balaban J connectivity index is 2.50. The third kappa shape index (κ3) is 3.18. The van der Waals surface area contributed by atoms with Crippen LogP contribution in [0.4, 0.5) is 0 Å². The second kappa shape index (κ2) is 6.08. The van der Waals surface area contributed by atoms with Crippen molar-refractivity contribution in [3.05, 3.63) is 0 Å². The fraction of sp³-hybridized carbons (Fsp3) is 0.909. The van der Waals surface area contributed by atoms with Crippen LogP contribution in [-0.4, -0.2) is 36.0 Å². The summed E-state index contributed by atoms with van der Waals surface area (Å²) in [4.78, 5) is 11.7. The molecule has 0 saturated heterocycles. The Bertz CT molecular complexity index is 203. The molecule has 88 valence electrons. The molecular weight excluding hydrogens is 196 g/mol. The number of carbonyl (C=O) groups is 1. The molecule has 0 aliphatic heterocycles. The van der Waals surface area contributed by atoms with E-state index in [1.54, 1.807) is 0 Å². The average Bonchev–Trinajstić information content (AvgIpc) is 2.57. The Morgan fingerprint density at radius 2 is 2.07 bits per heavy atom. The van der Waals surface area contributed by atoms with Crippen molar-refractivity contribution >= 4 is 5.97 Å². The van der Waals surface area contributed by atoms with E-state index in [0.29, 0.717) is 12.3 Å². The maximum Gasteiger partial charge on any atom is 0.309 e. The molecule has 4 heteroatoms. The van der Waals surface area contributed by atoms with Crippen LogP contribution in [0.15, 0.2) is 0 Å². The smallest absolute Gasteiger partial charge is 0.309 e. The molecule has 0 aromatic rings. The first-order chi connectivity index (χ1) is 7.20. The predicted molar refractivity (Wildman–Crippen MR) is 55.1 cm³/mol. The first-order valence-corrected chi connectivity index (χ1v) is 5.59. The van der Waals surface area contributed by atoms with Crippen molar-refractivity contribution in [2.24, 2.45) is 17.8 Å². The van der Waals surface area contributed by atoms with E-state index < -0.39 is 0 Å². The molecule has 1 fully saturated rings. The summed E-state index contributed by atoms with van der Waals surface area (Å²) < 4.78 is 4.95. The van der Waals surface area contributed by atoms with E-state index >= 15 is 0 Å². The fourth-order valence-electron chi connectivity index (χ4n) is 2.46. The lowest BCUT2D eigenvalue weighted by Crippen LogP contribution is -2.27. The van der Waals surface area contributed by atoms with Crippen LogP contribution >= 0.6 is 0 Å². The molecule has 0 bridgehead atoms. The number of aliphatic hydroxyl groups is 2. The SMILES string of the molecule is C[C@@H]1CC[C@H](CCO)[C@H]1C(=O)OCCO.